The van der Waals surface area contributed by atoms with Crippen LogP contribution in [-0.2, 0) is 11.3 Å². The molecule has 1 aromatic heterocycles. The number of aliphatic carboxylic acids is 1. The third kappa shape index (κ3) is 2.49. The fourth-order valence-electron chi connectivity index (χ4n) is 2.62. The summed E-state index contributed by atoms with van der Waals surface area (Å²) in [6, 6.07) is 7.94. The molecule has 1 N–H and O–H groups in total. The minimum Gasteiger partial charge on any atom is -0.481 e. The summed E-state index contributed by atoms with van der Waals surface area (Å²) in [6.45, 7) is 0.738. The Morgan fingerprint density at radius 3 is 2.67 bits per heavy atom. The molecule has 0 bridgehead atoms. The Labute approximate surface area is 123 Å². The lowest BCUT2D eigenvalue weighted by Gasteiger charge is -2.17. The average molecular weight is 286 g/mol. The van der Waals surface area contributed by atoms with E-state index in [2.05, 4.69) is 10.1 Å². The molecule has 0 saturated carbocycles. The van der Waals surface area contributed by atoms with Gasteiger partial charge in [-0.15, -0.1) is 0 Å². The number of benzene rings is 1. The SMILES string of the molecule is CN(C)c1ccc(-c2nc3n(n2)CCCC3C(=O)O)cc1. The predicted octanol–water partition coefficient (Wildman–Crippen LogP) is 1.97. The molecule has 21 heavy (non-hydrogen) atoms. The van der Waals surface area contributed by atoms with Gasteiger partial charge in [-0.1, -0.05) is 0 Å². The molecule has 1 aliphatic rings. The molecule has 3 rings (SSSR count). The maximum atomic E-state index is 11.3. The maximum Gasteiger partial charge on any atom is 0.314 e. The number of aryl methyl sites for hydroxylation is 1. The number of hydrogen-bond donors (Lipinski definition) is 1. The van der Waals surface area contributed by atoms with E-state index < -0.39 is 11.9 Å². The number of carboxylic acids is 1. The van der Waals surface area contributed by atoms with Crippen LogP contribution in [0.15, 0.2) is 24.3 Å². The van der Waals surface area contributed by atoms with E-state index in [0.29, 0.717) is 18.1 Å². The third-order valence-electron chi connectivity index (χ3n) is 3.81. The van der Waals surface area contributed by atoms with E-state index in [1.165, 1.54) is 0 Å². The topological polar surface area (TPSA) is 71.2 Å². The van der Waals surface area contributed by atoms with Crippen LogP contribution >= 0.6 is 0 Å². The molecule has 0 amide bonds. The van der Waals surface area contributed by atoms with Gasteiger partial charge in [-0.05, 0) is 37.1 Å². The van der Waals surface area contributed by atoms with Gasteiger partial charge in [0.15, 0.2) is 5.82 Å². The molecule has 110 valence electrons. The molecule has 0 spiro atoms. The van der Waals surface area contributed by atoms with Crippen molar-refractivity contribution >= 4 is 11.7 Å². The highest BCUT2D eigenvalue weighted by Gasteiger charge is 2.29. The minimum absolute atomic E-state index is 0.541. The summed E-state index contributed by atoms with van der Waals surface area (Å²) >= 11 is 0. The highest BCUT2D eigenvalue weighted by Crippen LogP contribution is 2.28. The van der Waals surface area contributed by atoms with Gasteiger partial charge in [0.1, 0.15) is 11.7 Å². The fraction of sp³-hybridized carbons (Fsp3) is 0.400. The van der Waals surface area contributed by atoms with Crippen LogP contribution < -0.4 is 4.90 Å². The van der Waals surface area contributed by atoms with Crippen LogP contribution in [0.5, 0.6) is 0 Å². The summed E-state index contributed by atoms with van der Waals surface area (Å²) in [6.07, 6.45) is 1.46. The molecule has 0 saturated heterocycles. The number of nitrogens with zero attached hydrogens (tertiary/aromatic N) is 4. The Hall–Kier alpha value is -2.37. The first-order valence-corrected chi connectivity index (χ1v) is 7.01. The first-order chi connectivity index (χ1) is 10.1. The Morgan fingerprint density at radius 1 is 1.33 bits per heavy atom. The minimum atomic E-state index is -0.821. The zero-order valence-corrected chi connectivity index (χ0v) is 12.2. The van der Waals surface area contributed by atoms with Crippen LogP contribution in [0.3, 0.4) is 0 Å². The summed E-state index contributed by atoms with van der Waals surface area (Å²) < 4.78 is 1.73. The van der Waals surface area contributed by atoms with E-state index in [0.717, 1.165) is 24.2 Å². The van der Waals surface area contributed by atoms with Gasteiger partial charge in [-0.25, -0.2) is 9.67 Å². The first kappa shape index (κ1) is 13.6. The van der Waals surface area contributed by atoms with Crippen LogP contribution in [0.25, 0.3) is 11.4 Å². The van der Waals surface area contributed by atoms with Crippen LogP contribution in [-0.4, -0.2) is 39.9 Å². The van der Waals surface area contributed by atoms with Gasteiger partial charge in [0, 0.05) is 31.9 Å². The van der Waals surface area contributed by atoms with E-state index in [-0.39, 0.29) is 0 Å². The summed E-state index contributed by atoms with van der Waals surface area (Å²) in [4.78, 5) is 17.8. The van der Waals surface area contributed by atoms with Crippen molar-refractivity contribution < 1.29 is 9.90 Å². The molecule has 0 fully saturated rings. The van der Waals surface area contributed by atoms with Gasteiger partial charge in [0.05, 0.1) is 0 Å². The summed E-state index contributed by atoms with van der Waals surface area (Å²) in [7, 11) is 3.97. The molecule has 1 aromatic carbocycles. The number of carboxylic acid groups (broad SMARTS) is 1. The molecular weight excluding hydrogens is 268 g/mol. The summed E-state index contributed by atoms with van der Waals surface area (Å²) in [5, 5.41) is 13.7. The van der Waals surface area contributed by atoms with Gasteiger partial charge in [0.25, 0.3) is 0 Å². The van der Waals surface area contributed by atoms with Crippen molar-refractivity contribution in [3.63, 3.8) is 0 Å². The number of anilines is 1. The van der Waals surface area contributed by atoms with Gasteiger partial charge in [0.2, 0.25) is 0 Å². The molecule has 0 aliphatic carbocycles. The molecule has 6 nitrogen and oxygen atoms in total. The molecule has 2 aromatic rings. The molecule has 1 atom stereocenters. The summed E-state index contributed by atoms with van der Waals surface area (Å²) in [5.74, 6) is -0.192. The summed E-state index contributed by atoms with van der Waals surface area (Å²) in [5.41, 5.74) is 2.01. The zero-order valence-electron chi connectivity index (χ0n) is 12.2. The molecule has 2 heterocycles. The van der Waals surface area contributed by atoms with Crippen molar-refractivity contribution in [2.75, 3.05) is 19.0 Å². The lowest BCUT2D eigenvalue weighted by atomic mass is 10.00. The van der Waals surface area contributed by atoms with Crippen LogP contribution in [0.4, 0.5) is 5.69 Å². The average Bonchev–Trinajstić information content (AvgIpc) is 2.90. The van der Waals surface area contributed by atoms with Crippen LogP contribution in [0, 0.1) is 0 Å². The van der Waals surface area contributed by atoms with Gasteiger partial charge < -0.3 is 10.0 Å². The Kier molecular flexibility index (Phi) is 3.37. The second-order valence-corrected chi connectivity index (χ2v) is 5.49. The molecule has 1 unspecified atom stereocenters. The van der Waals surface area contributed by atoms with Gasteiger partial charge in [-0.2, -0.15) is 5.10 Å². The van der Waals surface area contributed by atoms with Crippen LogP contribution in [0.2, 0.25) is 0 Å². The number of fused-ring (bicyclic) bond motifs is 1. The quantitative estimate of drug-likeness (QED) is 0.934. The van der Waals surface area contributed by atoms with Crippen molar-refractivity contribution in [1.82, 2.24) is 14.8 Å². The monoisotopic (exact) mass is 286 g/mol. The van der Waals surface area contributed by atoms with Crippen molar-refractivity contribution in [3.8, 4) is 11.4 Å². The number of rotatable bonds is 3. The lowest BCUT2D eigenvalue weighted by Crippen LogP contribution is -2.22. The normalized spacial score (nSPS) is 17.3. The van der Waals surface area contributed by atoms with E-state index in [1.54, 1.807) is 4.68 Å². The highest BCUT2D eigenvalue weighted by molar-refractivity contribution is 5.75. The second-order valence-electron chi connectivity index (χ2n) is 5.49. The molecule has 6 heteroatoms. The standard InChI is InChI=1S/C15H18N4O2/c1-18(2)11-7-5-10(6-8-11)13-16-14-12(15(20)21)4-3-9-19(14)17-13/h5-8,12H,3-4,9H2,1-2H3,(H,20,21). The van der Waals surface area contributed by atoms with Gasteiger partial charge >= 0.3 is 5.97 Å². The van der Waals surface area contributed by atoms with Crippen LogP contribution in [0.1, 0.15) is 24.6 Å². The largest absolute Gasteiger partial charge is 0.481 e. The highest BCUT2D eigenvalue weighted by atomic mass is 16.4. The van der Waals surface area contributed by atoms with Crippen molar-refractivity contribution in [1.29, 1.82) is 0 Å². The van der Waals surface area contributed by atoms with Crippen molar-refractivity contribution in [2.24, 2.45) is 0 Å². The van der Waals surface area contributed by atoms with Crippen molar-refractivity contribution in [3.05, 3.63) is 30.1 Å². The van der Waals surface area contributed by atoms with E-state index in [4.69, 9.17) is 0 Å². The third-order valence-corrected chi connectivity index (χ3v) is 3.81. The number of hydrogen-bond acceptors (Lipinski definition) is 4. The molecule has 0 radical (unpaired) electrons. The number of aromatic nitrogens is 3. The fourth-order valence-corrected chi connectivity index (χ4v) is 2.62. The zero-order chi connectivity index (χ0) is 15.0. The lowest BCUT2D eigenvalue weighted by molar-refractivity contribution is -0.139. The van der Waals surface area contributed by atoms with E-state index in [1.807, 2.05) is 43.3 Å². The molecular formula is C15H18N4O2. The van der Waals surface area contributed by atoms with Crippen molar-refractivity contribution in [2.45, 2.75) is 25.3 Å². The maximum absolute atomic E-state index is 11.3. The Balaban J connectivity index is 1.95. The second kappa shape index (κ2) is 5.20. The van der Waals surface area contributed by atoms with E-state index >= 15 is 0 Å². The van der Waals surface area contributed by atoms with E-state index in [9.17, 15) is 9.90 Å². The Bertz CT molecular complexity index is 661. The molecule has 1 aliphatic heterocycles. The number of carbonyl (C=O) groups is 1. The first-order valence-electron chi connectivity index (χ1n) is 7.01. The van der Waals surface area contributed by atoms with Gasteiger partial charge in [-0.3, -0.25) is 4.79 Å². The predicted molar refractivity (Wildman–Crippen MR) is 79.4 cm³/mol. The Morgan fingerprint density at radius 2 is 2.05 bits per heavy atom. The smallest absolute Gasteiger partial charge is 0.314 e.